The normalized spacial score (nSPS) is 19.6. The highest BCUT2D eigenvalue weighted by atomic mass is 32.2. The number of nitrogens with zero attached hydrogens (tertiary/aromatic N) is 1. The Labute approximate surface area is 83.9 Å². The molecule has 0 bridgehead atoms. The quantitative estimate of drug-likeness (QED) is 0.719. The van der Waals surface area contributed by atoms with Gasteiger partial charge in [0.05, 0.1) is 5.49 Å². The van der Waals surface area contributed by atoms with Gasteiger partial charge in [0.1, 0.15) is 12.4 Å². The lowest BCUT2D eigenvalue weighted by Crippen LogP contribution is -2.19. The summed E-state index contributed by atoms with van der Waals surface area (Å²) in [5.41, 5.74) is 1.75. The van der Waals surface area contributed by atoms with Crippen LogP contribution in [0.4, 0.5) is 8.78 Å². The molecule has 0 radical (unpaired) electrons. The number of hydrogen-bond donors (Lipinski definition) is 1. The van der Waals surface area contributed by atoms with Gasteiger partial charge < -0.3 is 9.46 Å². The Hall–Kier alpha value is -0.750. The number of halogens is 2. The second-order valence-corrected chi connectivity index (χ2v) is 4.31. The van der Waals surface area contributed by atoms with Gasteiger partial charge in [-0.2, -0.15) is 8.78 Å². The Balaban J connectivity index is 2.22. The molecule has 0 aromatic heterocycles. The van der Waals surface area contributed by atoms with Crippen LogP contribution in [0.25, 0.3) is 0 Å². The summed E-state index contributed by atoms with van der Waals surface area (Å²) in [5.74, 6) is 1.41. The topological polar surface area (TPSA) is 33.6 Å². The van der Waals surface area contributed by atoms with Crippen LogP contribution in [-0.2, 0) is 4.74 Å². The van der Waals surface area contributed by atoms with E-state index >= 15 is 0 Å². The largest absolute Gasteiger partial charge is 0.377 e. The molecule has 0 aromatic rings. The van der Waals surface area contributed by atoms with Crippen LogP contribution >= 0.6 is 10.7 Å². The molecule has 0 saturated carbocycles. The van der Waals surface area contributed by atoms with Crippen molar-refractivity contribution in [2.75, 3.05) is 19.5 Å². The molecule has 1 heterocycles. The first-order valence-corrected chi connectivity index (χ1v) is 5.54. The van der Waals surface area contributed by atoms with E-state index < -0.39 is 6.08 Å². The molecule has 0 fully saturated rings. The molecule has 0 amide bonds. The predicted molar refractivity (Wildman–Crippen MR) is 55.9 cm³/mol. The van der Waals surface area contributed by atoms with Gasteiger partial charge in [-0.1, -0.05) is 10.7 Å². The third-order valence-electron chi connectivity index (χ3n) is 1.50. The first-order valence-electron chi connectivity index (χ1n) is 4.09. The number of aliphatic imine (C=N–C) groups is 1. The molecule has 1 N–H and O–H groups in total. The van der Waals surface area contributed by atoms with Crippen LogP contribution in [0.15, 0.2) is 17.1 Å². The van der Waals surface area contributed by atoms with E-state index in [-0.39, 0.29) is 10.7 Å². The van der Waals surface area contributed by atoms with Gasteiger partial charge in [-0.3, -0.25) is 0 Å². The average molecular weight is 222 g/mol. The van der Waals surface area contributed by atoms with Gasteiger partial charge in [-0.15, -0.1) is 0 Å². The Kier molecular flexibility index (Phi) is 4.75. The van der Waals surface area contributed by atoms with Crippen molar-refractivity contribution in [1.82, 2.24) is 4.72 Å². The maximum Gasteiger partial charge on any atom is 0.266 e. The maximum absolute atomic E-state index is 11.7. The van der Waals surface area contributed by atoms with Gasteiger partial charge in [-0.25, -0.2) is 4.99 Å². The fourth-order valence-corrected chi connectivity index (χ4v) is 2.23. The number of amidine groups is 1. The summed E-state index contributed by atoms with van der Waals surface area (Å²) >= 11 is 0. The number of hydrogen-bond acceptors (Lipinski definition) is 3. The molecule has 14 heavy (non-hydrogen) atoms. The van der Waals surface area contributed by atoms with Gasteiger partial charge in [-0.05, 0) is 12.5 Å². The van der Waals surface area contributed by atoms with Gasteiger partial charge in [0, 0.05) is 12.9 Å². The second kappa shape index (κ2) is 5.87. The Morgan fingerprint density at radius 1 is 1.71 bits per heavy atom. The molecule has 1 aliphatic heterocycles. The summed E-state index contributed by atoms with van der Waals surface area (Å²) in [5, 5.41) is 0. The van der Waals surface area contributed by atoms with Crippen LogP contribution in [0.3, 0.4) is 0 Å². The maximum atomic E-state index is 11.7. The van der Waals surface area contributed by atoms with Crippen molar-refractivity contribution in [3.63, 3.8) is 0 Å². The summed E-state index contributed by atoms with van der Waals surface area (Å²) < 4.78 is 31.3. The highest BCUT2D eigenvalue weighted by Gasteiger charge is 2.06. The van der Waals surface area contributed by atoms with Crippen molar-refractivity contribution in [2.24, 2.45) is 4.99 Å². The monoisotopic (exact) mass is 222 g/mol. The zero-order valence-electron chi connectivity index (χ0n) is 7.80. The molecule has 1 atom stereocenters. The number of ether oxygens (including phenoxy) is 1. The molecule has 0 aromatic carbocycles. The van der Waals surface area contributed by atoms with Crippen LogP contribution in [-0.4, -0.2) is 30.8 Å². The molecule has 1 aliphatic rings. The van der Waals surface area contributed by atoms with E-state index in [9.17, 15) is 8.78 Å². The molecule has 6 heteroatoms. The summed E-state index contributed by atoms with van der Waals surface area (Å²) in [7, 11) is 1.37. The summed E-state index contributed by atoms with van der Waals surface area (Å²) in [6.07, 6.45) is -0.326. The van der Waals surface area contributed by atoms with Gasteiger partial charge in [0.25, 0.3) is 6.08 Å². The van der Waals surface area contributed by atoms with E-state index in [1.165, 1.54) is 0 Å². The fraction of sp³-hybridized carbons (Fsp3) is 0.500. The Morgan fingerprint density at radius 2 is 2.50 bits per heavy atom. The highest BCUT2D eigenvalue weighted by Crippen LogP contribution is 2.13. The Bertz CT molecular complexity index is 285. The molecular formula is C8H12F2N2OS. The smallest absolute Gasteiger partial charge is 0.266 e. The van der Waals surface area contributed by atoms with Crippen molar-refractivity contribution < 1.29 is 13.5 Å². The number of allylic oxidation sites excluding steroid dienone is 1. The van der Waals surface area contributed by atoms with Crippen molar-refractivity contribution in [1.29, 1.82) is 0 Å². The molecular weight excluding hydrogens is 210 g/mol. The van der Waals surface area contributed by atoms with Crippen molar-refractivity contribution >= 4 is 22.0 Å². The van der Waals surface area contributed by atoms with Crippen LogP contribution in [0, 0.1) is 0 Å². The summed E-state index contributed by atoms with van der Waals surface area (Å²) in [4.78, 5) is 4.06. The molecule has 0 aliphatic carbocycles. The molecule has 3 nitrogen and oxygen atoms in total. The fourth-order valence-electron chi connectivity index (χ4n) is 0.933. The van der Waals surface area contributed by atoms with Crippen molar-refractivity contribution in [3.8, 4) is 0 Å². The summed E-state index contributed by atoms with van der Waals surface area (Å²) in [6, 6.07) is 0. The van der Waals surface area contributed by atoms with Crippen molar-refractivity contribution in [3.05, 3.63) is 12.2 Å². The van der Waals surface area contributed by atoms with Gasteiger partial charge in [0.15, 0.2) is 0 Å². The first-order chi connectivity index (χ1) is 6.72. The van der Waals surface area contributed by atoms with E-state index in [0.29, 0.717) is 18.8 Å². The lowest BCUT2D eigenvalue weighted by Gasteiger charge is -2.05. The van der Waals surface area contributed by atoms with E-state index in [1.54, 1.807) is 12.6 Å². The SMILES string of the molecule is COCC1=NC=S(CCC=C(F)F)N1. The third kappa shape index (κ3) is 3.97. The van der Waals surface area contributed by atoms with Crippen LogP contribution in [0.5, 0.6) is 0 Å². The van der Waals surface area contributed by atoms with Crippen LogP contribution < -0.4 is 4.72 Å². The number of methoxy groups -OCH3 is 1. The minimum Gasteiger partial charge on any atom is -0.377 e. The molecule has 1 unspecified atom stereocenters. The van der Waals surface area contributed by atoms with Gasteiger partial charge >= 0.3 is 0 Å². The predicted octanol–water partition coefficient (Wildman–Crippen LogP) is 1.75. The molecule has 1 rings (SSSR count). The molecule has 0 spiro atoms. The Morgan fingerprint density at radius 3 is 3.14 bits per heavy atom. The molecule has 80 valence electrons. The summed E-state index contributed by atoms with van der Waals surface area (Å²) in [6.45, 7) is 0.438. The van der Waals surface area contributed by atoms with E-state index in [0.717, 1.165) is 11.9 Å². The zero-order valence-corrected chi connectivity index (χ0v) is 8.61. The lowest BCUT2D eigenvalue weighted by molar-refractivity contribution is 0.244. The minimum absolute atomic E-state index is 0.212. The standard InChI is InChI=1S/C8H12F2N2OS/c1-13-5-8-11-6-14(12-8)4-2-3-7(9)10/h3,6H,2,4-5H2,1H3,(H,11,12). The highest BCUT2D eigenvalue weighted by molar-refractivity contribution is 8.14. The molecule has 0 saturated heterocycles. The van der Waals surface area contributed by atoms with Gasteiger partial charge in [0.2, 0.25) is 0 Å². The van der Waals surface area contributed by atoms with Crippen LogP contribution in [0.1, 0.15) is 6.42 Å². The average Bonchev–Trinajstić information content (AvgIpc) is 2.53. The number of rotatable bonds is 5. The first kappa shape index (κ1) is 11.3. The minimum atomic E-state index is -1.62. The van der Waals surface area contributed by atoms with E-state index in [1.807, 2.05) is 0 Å². The van der Waals surface area contributed by atoms with Crippen molar-refractivity contribution in [2.45, 2.75) is 6.42 Å². The van der Waals surface area contributed by atoms with Crippen LogP contribution in [0.2, 0.25) is 0 Å². The zero-order chi connectivity index (χ0) is 10.4. The third-order valence-corrected chi connectivity index (χ3v) is 3.04. The van der Waals surface area contributed by atoms with E-state index in [4.69, 9.17) is 4.74 Å². The van der Waals surface area contributed by atoms with E-state index in [2.05, 4.69) is 9.71 Å². The second-order valence-electron chi connectivity index (χ2n) is 2.63. The lowest BCUT2D eigenvalue weighted by atomic mass is 10.5. The number of nitrogens with one attached hydrogen (secondary N) is 1.